The average molecular weight is 370 g/mol. The lowest BCUT2D eigenvalue weighted by Gasteiger charge is -2.33. The summed E-state index contributed by atoms with van der Waals surface area (Å²) >= 11 is 0. The summed E-state index contributed by atoms with van der Waals surface area (Å²) in [7, 11) is 0. The predicted molar refractivity (Wildman–Crippen MR) is 101 cm³/mol. The van der Waals surface area contributed by atoms with Crippen molar-refractivity contribution in [1.29, 1.82) is 0 Å². The smallest absolute Gasteiger partial charge is 0.345 e. The lowest BCUT2D eigenvalue weighted by molar-refractivity contribution is -0.135. The van der Waals surface area contributed by atoms with E-state index in [4.69, 9.17) is 4.74 Å². The van der Waals surface area contributed by atoms with E-state index in [-0.39, 0.29) is 17.7 Å². The number of piperidine rings is 1. The second-order valence-electron chi connectivity index (χ2n) is 7.01. The minimum absolute atomic E-state index is 0.0566. The number of rotatable bonds is 6. The highest BCUT2D eigenvalue weighted by molar-refractivity contribution is 5.76. The molecular weight excluding hydrogens is 344 g/mol. The average Bonchev–Trinajstić information content (AvgIpc) is 2.66. The molecule has 2 aromatic heterocycles. The van der Waals surface area contributed by atoms with Gasteiger partial charge in [0.1, 0.15) is 0 Å². The summed E-state index contributed by atoms with van der Waals surface area (Å²) in [5, 5.41) is 0. The Bertz CT molecular complexity index is 809. The van der Waals surface area contributed by atoms with Crippen LogP contribution in [0.4, 0.5) is 0 Å². The molecule has 1 N–H and O–H groups in total. The minimum Gasteiger partial charge on any atom is -0.372 e. The standard InChI is InChI=1S/C20H26N4O3/c1-14-18(15(2)23-20(26)22-14)7-8-19(25)24-10-4-6-17(12-24)27-13-16-5-3-9-21-11-16/h3,5,9,11,17H,4,6-8,10,12-13H2,1-2H3,(H,22,23,26)/t17-/m0/s1. The zero-order valence-electron chi connectivity index (χ0n) is 15.9. The molecule has 0 aromatic carbocycles. The van der Waals surface area contributed by atoms with Crippen LogP contribution in [0.2, 0.25) is 0 Å². The van der Waals surface area contributed by atoms with E-state index < -0.39 is 0 Å². The Hall–Kier alpha value is -2.54. The molecule has 0 aliphatic carbocycles. The molecule has 27 heavy (non-hydrogen) atoms. The molecule has 1 fully saturated rings. The molecule has 3 heterocycles. The third-order valence-corrected chi connectivity index (χ3v) is 4.98. The molecule has 1 aliphatic rings. The van der Waals surface area contributed by atoms with Crippen molar-refractivity contribution in [2.45, 2.75) is 52.2 Å². The lowest BCUT2D eigenvalue weighted by atomic mass is 10.0. The van der Waals surface area contributed by atoms with Gasteiger partial charge in [-0.1, -0.05) is 6.07 Å². The Morgan fingerprint density at radius 1 is 1.41 bits per heavy atom. The maximum atomic E-state index is 12.6. The molecule has 7 heteroatoms. The number of hydrogen-bond donors (Lipinski definition) is 1. The number of carbonyl (C=O) groups is 1. The number of H-pyrrole nitrogens is 1. The number of pyridine rings is 1. The third-order valence-electron chi connectivity index (χ3n) is 4.98. The maximum Gasteiger partial charge on any atom is 0.345 e. The number of aromatic nitrogens is 3. The van der Waals surface area contributed by atoms with Crippen LogP contribution < -0.4 is 5.69 Å². The van der Waals surface area contributed by atoms with Crippen molar-refractivity contribution < 1.29 is 9.53 Å². The number of likely N-dealkylation sites (tertiary alicyclic amines) is 1. The molecule has 3 rings (SSSR count). The van der Waals surface area contributed by atoms with Crippen molar-refractivity contribution in [3.63, 3.8) is 0 Å². The minimum atomic E-state index is -0.343. The Kier molecular flexibility index (Phi) is 6.34. The van der Waals surface area contributed by atoms with Gasteiger partial charge >= 0.3 is 5.69 Å². The molecule has 0 saturated carbocycles. The summed E-state index contributed by atoms with van der Waals surface area (Å²) in [5.41, 5.74) is 3.13. The Morgan fingerprint density at radius 3 is 3.00 bits per heavy atom. The fourth-order valence-electron chi connectivity index (χ4n) is 3.51. The molecule has 1 saturated heterocycles. The lowest BCUT2D eigenvalue weighted by Crippen LogP contribution is -2.43. The van der Waals surface area contributed by atoms with Crippen LogP contribution in [0, 0.1) is 13.8 Å². The largest absolute Gasteiger partial charge is 0.372 e. The Morgan fingerprint density at radius 2 is 2.26 bits per heavy atom. The highest BCUT2D eigenvalue weighted by Crippen LogP contribution is 2.17. The topological polar surface area (TPSA) is 88.2 Å². The van der Waals surface area contributed by atoms with Crippen LogP contribution in [0.15, 0.2) is 29.3 Å². The number of aromatic amines is 1. The first-order valence-electron chi connectivity index (χ1n) is 9.37. The summed E-state index contributed by atoms with van der Waals surface area (Å²) in [4.78, 5) is 36.7. The van der Waals surface area contributed by atoms with E-state index in [0.29, 0.717) is 31.7 Å². The number of nitrogens with zero attached hydrogens (tertiary/aromatic N) is 3. The highest BCUT2D eigenvalue weighted by Gasteiger charge is 2.24. The first kappa shape index (κ1) is 19.2. The van der Waals surface area contributed by atoms with Gasteiger partial charge in [-0.15, -0.1) is 0 Å². The second kappa shape index (κ2) is 8.90. The quantitative estimate of drug-likeness (QED) is 0.839. The number of ether oxygens (including phenoxy) is 1. The maximum absolute atomic E-state index is 12.6. The number of hydrogen-bond acceptors (Lipinski definition) is 5. The van der Waals surface area contributed by atoms with Crippen LogP contribution in [0.5, 0.6) is 0 Å². The molecule has 0 spiro atoms. The second-order valence-corrected chi connectivity index (χ2v) is 7.01. The van der Waals surface area contributed by atoms with Crippen molar-refractivity contribution in [2.24, 2.45) is 0 Å². The van der Waals surface area contributed by atoms with Gasteiger partial charge in [0.25, 0.3) is 0 Å². The summed E-state index contributed by atoms with van der Waals surface area (Å²) < 4.78 is 5.98. The van der Waals surface area contributed by atoms with Gasteiger partial charge in [0.15, 0.2) is 0 Å². The van der Waals surface area contributed by atoms with Crippen LogP contribution in [-0.2, 0) is 22.6 Å². The van der Waals surface area contributed by atoms with Crippen LogP contribution in [-0.4, -0.2) is 45.0 Å². The van der Waals surface area contributed by atoms with E-state index in [1.165, 1.54) is 0 Å². The van der Waals surface area contributed by atoms with Gasteiger partial charge in [-0.05, 0) is 50.3 Å². The van der Waals surface area contributed by atoms with Gasteiger partial charge in [0, 0.05) is 43.3 Å². The zero-order chi connectivity index (χ0) is 19.2. The first-order chi connectivity index (χ1) is 13.0. The highest BCUT2D eigenvalue weighted by atomic mass is 16.5. The Labute approximate surface area is 158 Å². The summed E-state index contributed by atoms with van der Waals surface area (Å²) in [6.07, 6.45) is 6.50. The normalized spacial score (nSPS) is 17.1. The molecular formula is C20H26N4O3. The summed E-state index contributed by atoms with van der Waals surface area (Å²) in [6, 6.07) is 3.88. The molecule has 0 unspecified atom stereocenters. The molecule has 0 radical (unpaired) electrons. The molecule has 0 bridgehead atoms. The molecule has 144 valence electrons. The summed E-state index contributed by atoms with van der Waals surface area (Å²) in [5.74, 6) is 0.120. The van der Waals surface area contributed by atoms with E-state index in [9.17, 15) is 9.59 Å². The molecule has 1 atom stereocenters. The van der Waals surface area contributed by atoms with Gasteiger partial charge in [0.05, 0.1) is 12.7 Å². The number of nitrogens with one attached hydrogen (secondary N) is 1. The Balaban J connectivity index is 1.52. The van der Waals surface area contributed by atoms with Crippen molar-refractivity contribution in [2.75, 3.05) is 13.1 Å². The van der Waals surface area contributed by atoms with Crippen LogP contribution in [0.25, 0.3) is 0 Å². The SMILES string of the molecule is Cc1nc(=O)[nH]c(C)c1CCC(=O)N1CCC[C@H](OCc2cccnc2)C1. The van der Waals surface area contributed by atoms with Gasteiger partial charge in [-0.3, -0.25) is 9.78 Å². The molecule has 1 aliphatic heterocycles. The van der Waals surface area contributed by atoms with E-state index in [0.717, 1.165) is 36.2 Å². The van der Waals surface area contributed by atoms with E-state index in [2.05, 4.69) is 15.0 Å². The number of aryl methyl sites for hydroxylation is 2. The van der Waals surface area contributed by atoms with Crippen molar-refractivity contribution in [3.05, 3.63) is 57.5 Å². The zero-order valence-corrected chi connectivity index (χ0v) is 15.9. The van der Waals surface area contributed by atoms with Crippen LogP contribution in [0.1, 0.15) is 41.8 Å². The third kappa shape index (κ3) is 5.23. The fourth-order valence-corrected chi connectivity index (χ4v) is 3.51. The van der Waals surface area contributed by atoms with Crippen molar-refractivity contribution in [1.82, 2.24) is 19.9 Å². The van der Waals surface area contributed by atoms with Crippen molar-refractivity contribution >= 4 is 5.91 Å². The number of carbonyl (C=O) groups excluding carboxylic acids is 1. The predicted octanol–water partition coefficient (Wildman–Crippen LogP) is 1.92. The van der Waals surface area contributed by atoms with E-state index in [1.54, 1.807) is 12.4 Å². The monoisotopic (exact) mass is 370 g/mol. The van der Waals surface area contributed by atoms with Gasteiger partial charge in [0.2, 0.25) is 5.91 Å². The van der Waals surface area contributed by atoms with Crippen LogP contribution >= 0.6 is 0 Å². The van der Waals surface area contributed by atoms with E-state index in [1.807, 2.05) is 30.9 Å². The van der Waals surface area contributed by atoms with Gasteiger partial charge < -0.3 is 14.6 Å². The molecule has 7 nitrogen and oxygen atoms in total. The van der Waals surface area contributed by atoms with Crippen LogP contribution in [0.3, 0.4) is 0 Å². The molecule has 2 aromatic rings. The van der Waals surface area contributed by atoms with Crippen molar-refractivity contribution in [3.8, 4) is 0 Å². The number of amides is 1. The van der Waals surface area contributed by atoms with Gasteiger partial charge in [-0.25, -0.2) is 4.79 Å². The fraction of sp³-hybridized carbons (Fsp3) is 0.500. The molecule has 1 amide bonds. The van der Waals surface area contributed by atoms with E-state index >= 15 is 0 Å². The first-order valence-corrected chi connectivity index (χ1v) is 9.37. The van der Waals surface area contributed by atoms with Gasteiger partial charge in [-0.2, -0.15) is 4.98 Å². The summed E-state index contributed by atoms with van der Waals surface area (Å²) in [6.45, 7) is 5.57.